The van der Waals surface area contributed by atoms with E-state index in [0.29, 0.717) is 6.04 Å². The molecular formula is C17H25NO. The molecule has 2 atom stereocenters. The van der Waals surface area contributed by atoms with E-state index in [1.807, 2.05) is 0 Å². The van der Waals surface area contributed by atoms with Crippen molar-refractivity contribution < 1.29 is 4.84 Å². The average Bonchev–Trinajstić information content (AvgIpc) is 2.61. The molecule has 0 saturated heterocycles. The lowest BCUT2D eigenvalue weighted by Crippen LogP contribution is -2.42. The summed E-state index contributed by atoms with van der Waals surface area (Å²) in [7, 11) is 0. The normalized spacial score (nSPS) is 29.9. The summed E-state index contributed by atoms with van der Waals surface area (Å²) in [6, 6.07) is 9.47. The van der Waals surface area contributed by atoms with E-state index < -0.39 is 0 Å². The lowest BCUT2D eigenvalue weighted by Gasteiger charge is -2.28. The molecule has 2 heteroatoms. The van der Waals surface area contributed by atoms with Gasteiger partial charge in [-0.2, -0.15) is 5.48 Å². The predicted molar refractivity (Wildman–Crippen MR) is 77.8 cm³/mol. The molecule has 1 aromatic carbocycles. The Morgan fingerprint density at radius 1 is 1.00 bits per heavy atom. The smallest absolute Gasteiger partial charge is 0.0813 e. The number of hydroxylamine groups is 1. The Morgan fingerprint density at radius 2 is 1.53 bits per heavy atom. The van der Waals surface area contributed by atoms with Crippen molar-refractivity contribution in [2.24, 2.45) is 11.8 Å². The molecule has 0 spiro atoms. The molecule has 2 nitrogen and oxygen atoms in total. The third kappa shape index (κ3) is 2.85. The van der Waals surface area contributed by atoms with Gasteiger partial charge in [0.15, 0.2) is 0 Å². The van der Waals surface area contributed by atoms with Gasteiger partial charge in [0.05, 0.1) is 5.60 Å². The second-order valence-corrected chi connectivity index (χ2v) is 7.13. The molecule has 0 heterocycles. The zero-order valence-corrected chi connectivity index (χ0v) is 12.3. The lowest BCUT2D eigenvalue weighted by atomic mass is 9.94. The predicted octanol–water partition coefficient (Wildman–Crippen LogP) is 3.50. The van der Waals surface area contributed by atoms with Crippen molar-refractivity contribution in [1.82, 2.24) is 5.48 Å². The molecule has 19 heavy (non-hydrogen) atoms. The Labute approximate surface area is 116 Å². The molecule has 1 fully saturated rings. The highest BCUT2D eigenvalue weighted by atomic mass is 16.7. The van der Waals surface area contributed by atoms with Gasteiger partial charge in [0.1, 0.15) is 0 Å². The van der Waals surface area contributed by atoms with E-state index in [-0.39, 0.29) is 5.60 Å². The van der Waals surface area contributed by atoms with Gasteiger partial charge in [0, 0.05) is 6.04 Å². The molecule has 1 saturated carbocycles. The van der Waals surface area contributed by atoms with Crippen LogP contribution in [0, 0.1) is 11.8 Å². The molecule has 0 aliphatic heterocycles. The zero-order chi connectivity index (χ0) is 13.5. The molecule has 104 valence electrons. The summed E-state index contributed by atoms with van der Waals surface area (Å²) in [5.74, 6) is 1.46. The molecule has 1 aromatic rings. The van der Waals surface area contributed by atoms with Crippen LogP contribution >= 0.6 is 0 Å². The highest BCUT2D eigenvalue weighted by Crippen LogP contribution is 2.40. The first kappa shape index (κ1) is 13.1. The van der Waals surface area contributed by atoms with E-state index in [4.69, 9.17) is 4.84 Å². The van der Waals surface area contributed by atoms with Crippen LogP contribution in [0.5, 0.6) is 0 Å². The maximum absolute atomic E-state index is 5.85. The molecular weight excluding hydrogens is 234 g/mol. The van der Waals surface area contributed by atoms with Crippen LogP contribution in [-0.4, -0.2) is 11.6 Å². The van der Waals surface area contributed by atoms with E-state index in [2.05, 4.69) is 50.5 Å². The van der Waals surface area contributed by atoms with Crippen LogP contribution in [0.25, 0.3) is 0 Å². The molecule has 1 N–H and O–H groups in total. The maximum atomic E-state index is 5.85. The first-order valence-corrected chi connectivity index (χ1v) is 7.53. The van der Waals surface area contributed by atoms with E-state index in [1.165, 1.54) is 25.7 Å². The van der Waals surface area contributed by atoms with E-state index in [9.17, 15) is 0 Å². The van der Waals surface area contributed by atoms with Crippen LogP contribution in [0.2, 0.25) is 0 Å². The molecule has 0 amide bonds. The van der Waals surface area contributed by atoms with Crippen molar-refractivity contribution in [3.8, 4) is 0 Å². The maximum Gasteiger partial charge on any atom is 0.0813 e. The fourth-order valence-electron chi connectivity index (χ4n) is 3.59. The second-order valence-electron chi connectivity index (χ2n) is 7.13. The summed E-state index contributed by atoms with van der Waals surface area (Å²) in [6.07, 6.45) is 5.09. The zero-order valence-electron chi connectivity index (χ0n) is 12.3. The summed E-state index contributed by atoms with van der Waals surface area (Å²) in [4.78, 5) is 5.85. The molecule has 2 unspecified atom stereocenters. The van der Waals surface area contributed by atoms with Crippen molar-refractivity contribution in [1.29, 1.82) is 0 Å². The Bertz CT molecular complexity index is 416. The van der Waals surface area contributed by atoms with Gasteiger partial charge in [0.25, 0.3) is 0 Å². The fourth-order valence-corrected chi connectivity index (χ4v) is 3.59. The van der Waals surface area contributed by atoms with Gasteiger partial charge in [-0.3, -0.25) is 4.84 Å². The number of rotatable bonds is 2. The SMILES string of the molecule is CC(C)(C)ONC1C2CCC1Cc1ccccc1C2. The van der Waals surface area contributed by atoms with Crippen LogP contribution in [0.15, 0.2) is 24.3 Å². The first-order chi connectivity index (χ1) is 9.03. The van der Waals surface area contributed by atoms with Gasteiger partial charge in [-0.1, -0.05) is 24.3 Å². The second kappa shape index (κ2) is 4.92. The first-order valence-electron chi connectivity index (χ1n) is 7.53. The Morgan fingerprint density at radius 3 is 2.00 bits per heavy atom. The monoisotopic (exact) mass is 259 g/mol. The van der Waals surface area contributed by atoms with Crippen LogP contribution in [0.3, 0.4) is 0 Å². The number of benzene rings is 1. The quantitative estimate of drug-likeness (QED) is 0.821. The molecule has 3 rings (SSSR count). The largest absolute Gasteiger partial charge is 0.296 e. The van der Waals surface area contributed by atoms with Crippen LogP contribution < -0.4 is 5.48 Å². The van der Waals surface area contributed by atoms with Gasteiger partial charge in [0.2, 0.25) is 0 Å². The highest BCUT2D eigenvalue weighted by Gasteiger charge is 2.39. The Kier molecular flexibility index (Phi) is 3.40. The molecule has 0 radical (unpaired) electrons. The minimum Gasteiger partial charge on any atom is -0.296 e. The van der Waals surface area contributed by atoms with Gasteiger partial charge >= 0.3 is 0 Å². The lowest BCUT2D eigenvalue weighted by molar-refractivity contribution is -0.0988. The summed E-state index contributed by atoms with van der Waals surface area (Å²) in [6.45, 7) is 6.31. The minimum atomic E-state index is -0.113. The number of hydrogen-bond donors (Lipinski definition) is 1. The minimum absolute atomic E-state index is 0.113. The van der Waals surface area contributed by atoms with Gasteiger partial charge in [-0.05, 0) is 69.4 Å². The number of hydrogen-bond acceptors (Lipinski definition) is 2. The number of nitrogens with one attached hydrogen (secondary N) is 1. The number of fused-ring (bicyclic) bond motifs is 3. The van der Waals surface area contributed by atoms with Crippen molar-refractivity contribution in [2.45, 2.75) is 58.1 Å². The van der Waals surface area contributed by atoms with Gasteiger partial charge in [-0.25, -0.2) is 0 Å². The summed E-state index contributed by atoms with van der Waals surface area (Å²) < 4.78 is 0. The van der Waals surface area contributed by atoms with Gasteiger partial charge in [-0.15, -0.1) is 0 Å². The third-order valence-electron chi connectivity index (χ3n) is 4.51. The van der Waals surface area contributed by atoms with Gasteiger partial charge < -0.3 is 0 Å². The summed E-state index contributed by atoms with van der Waals surface area (Å²) in [5.41, 5.74) is 6.39. The van der Waals surface area contributed by atoms with Crippen molar-refractivity contribution in [3.05, 3.63) is 35.4 Å². The molecule has 0 aromatic heterocycles. The van der Waals surface area contributed by atoms with Crippen LogP contribution in [0.4, 0.5) is 0 Å². The molecule has 2 aliphatic rings. The van der Waals surface area contributed by atoms with Crippen LogP contribution in [-0.2, 0) is 17.7 Å². The fraction of sp³-hybridized carbons (Fsp3) is 0.647. The van der Waals surface area contributed by atoms with Crippen LogP contribution in [0.1, 0.15) is 44.7 Å². The highest BCUT2D eigenvalue weighted by molar-refractivity contribution is 5.30. The Balaban J connectivity index is 1.76. The molecule has 2 bridgehead atoms. The molecule has 2 aliphatic carbocycles. The van der Waals surface area contributed by atoms with E-state index >= 15 is 0 Å². The summed E-state index contributed by atoms with van der Waals surface area (Å²) >= 11 is 0. The van der Waals surface area contributed by atoms with Crippen molar-refractivity contribution in [3.63, 3.8) is 0 Å². The average molecular weight is 259 g/mol. The summed E-state index contributed by atoms with van der Waals surface area (Å²) in [5, 5.41) is 0. The standard InChI is InChI=1S/C17H25NO/c1-17(2,3)19-18-16-14-8-9-15(16)11-13-7-5-4-6-12(13)10-14/h4-7,14-16,18H,8-11H2,1-3H3. The van der Waals surface area contributed by atoms with Crippen molar-refractivity contribution in [2.75, 3.05) is 0 Å². The topological polar surface area (TPSA) is 21.3 Å². The van der Waals surface area contributed by atoms with E-state index in [0.717, 1.165) is 11.8 Å². The van der Waals surface area contributed by atoms with E-state index in [1.54, 1.807) is 11.1 Å². The third-order valence-corrected chi connectivity index (χ3v) is 4.51. The Hall–Kier alpha value is -0.860. The van der Waals surface area contributed by atoms with Crippen molar-refractivity contribution >= 4 is 0 Å².